The molecule has 0 aliphatic heterocycles. The first kappa shape index (κ1) is 29.1. The summed E-state index contributed by atoms with van der Waals surface area (Å²) in [5.74, 6) is 2.66. The average molecular weight is 550 g/mol. The third-order valence-corrected chi connectivity index (χ3v) is 4.60. The van der Waals surface area contributed by atoms with Crippen molar-refractivity contribution < 1.29 is 9.53 Å². The Morgan fingerprint density at radius 1 is 1.35 bits per heavy atom. The van der Waals surface area contributed by atoms with Crippen molar-refractivity contribution in [3.05, 3.63) is 24.3 Å². The molecule has 0 saturated heterocycles. The molecule has 0 saturated carbocycles. The highest BCUT2D eigenvalue weighted by molar-refractivity contribution is 14.0. The number of aromatic nitrogens is 3. The maximum absolute atomic E-state index is 12.2. The van der Waals surface area contributed by atoms with E-state index >= 15 is 0 Å². The second-order valence-electron chi connectivity index (χ2n) is 8.74. The monoisotopic (exact) mass is 549 g/mol. The molecular weight excluding hydrogens is 509 g/mol. The van der Waals surface area contributed by atoms with Crippen LogP contribution in [0.4, 0.5) is 4.79 Å². The minimum absolute atomic E-state index is 0. The van der Waals surface area contributed by atoms with Gasteiger partial charge < -0.3 is 24.8 Å². The van der Waals surface area contributed by atoms with Gasteiger partial charge in [-0.2, -0.15) is 0 Å². The summed E-state index contributed by atoms with van der Waals surface area (Å²) in [5, 5.41) is 14.5. The minimum Gasteiger partial charge on any atom is -0.444 e. The topological polar surface area (TPSA) is 96.7 Å². The number of rotatable bonds is 9. The number of guanidine groups is 1. The number of nitrogens with zero attached hydrogens (tertiary/aromatic N) is 5. The Balaban J connectivity index is 0.00000900. The SMILES string of the molecule is C=CCNC(=NCc1nnc(C)n1C)N(C)CCC(NC(=O)OC(C)(C)C)C(C)C.I. The molecule has 0 aliphatic rings. The maximum atomic E-state index is 12.2. The molecule has 10 heteroatoms. The third kappa shape index (κ3) is 10.8. The summed E-state index contributed by atoms with van der Waals surface area (Å²) in [6.07, 6.45) is 2.16. The van der Waals surface area contributed by atoms with Gasteiger partial charge in [0.05, 0.1) is 0 Å². The van der Waals surface area contributed by atoms with E-state index < -0.39 is 5.60 Å². The zero-order chi connectivity index (χ0) is 22.9. The molecule has 1 unspecified atom stereocenters. The molecule has 0 spiro atoms. The Morgan fingerprint density at radius 3 is 2.48 bits per heavy atom. The van der Waals surface area contributed by atoms with Gasteiger partial charge >= 0.3 is 6.09 Å². The smallest absolute Gasteiger partial charge is 0.407 e. The van der Waals surface area contributed by atoms with E-state index in [0.29, 0.717) is 19.6 Å². The third-order valence-electron chi connectivity index (χ3n) is 4.60. The van der Waals surface area contributed by atoms with E-state index in [1.54, 1.807) is 6.08 Å². The van der Waals surface area contributed by atoms with Gasteiger partial charge in [-0.25, -0.2) is 9.79 Å². The Bertz CT molecular complexity index is 726. The lowest BCUT2D eigenvalue weighted by Crippen LogP contribution is -2.45. The Hall–Kier alpha value is -1.85. The van der Waals surface area contributed by atoms with Gasteiger partial charge in [0.15, 0.2) is 11.8 Å². The number of ether oxygens (including phenoxy) is 1. The average Bonchev–Trinajstić information content (AvgIpc) is 2.95. The molecule has 0 bridgehead atoms. The summed E-state index contributed by atoms with van der Waals surface area (Å²) in [6, 6.07) is -0.00987. The molecule has 31 heavy (non-hydrogen) atoms. The number of hydrogen-bond donors (Lipinski definition) is 2. The van der Waals surface area contributed by atoms with Crippen LogP contribution in [-0.2, 0) is 18.3 Å². The molecule has 0 aromatic carbocycles. The zero-order valence-electron chi connectivity index (χ0n) is 20.2. The number of alkyl carbamates (subject to hydrolysis) is 1. The lowest BCUT2D eigenvalue weighted by molar-refractivity contribution is 0.0486. The van der Waals surface area contributed by atoms with Crippen molar-refractivity contribution in [2.75, 3.05) is 20.1 Å². The molecule has 1 rings (SSSR count). The van der Waals surface area contributed by atoms with E-state index in [0.717, 1.165) is 24.0 Å². The van der Waals surface area contributed by atoms with Gasteiger partial charge in [0.2, 0.25) is 0 Å². The number of hydrogen-bond acceptors (Lipinski definition) is 5. The number of halogens is 1. The van der Waals surface area contributed by atoms with Crippen LogP contribution in [0.2, 0.25) is 0 Å². The van der Waals surface area contributed by atoms with Gasteiger partial charge in [-0.15, -0.1) is 40.8 Å². The zero-order valence-corrected chi connectivity index (χ0v) is 22.6. The van der Waals surface area contributed by atoms with Gasteiger partial charge in [-0.3, -0.25) is 0 Å². The van der Waals surface area contributed by atoms with Crippen LogP contribution in [0.3, 0.4) is 0 Å². The Morgan fingerprint density at radius 2 is 2.00 bits per heavy atom. The molecule has 9 nitrogen and oxygen atoms in total. The van der Waals surface area contributed by atoms with E-state index in [-0.39, 0.29) is 42.0 Å². The molecule has 178 valence electrons. The van der Waals surface area contributed by atoms with Gasteiger partial charge in [0.25, 0.3) is 0 Å². The quantitative estimate of drug-likeness (QED) is 0.213. The Kier molecular flexibility index (Phi) is 12.7. The highest BCUT2D eigenvalue weighted by atomic mass is 127. The highest BCUT2D eigenvalue weighted by Crippen LogP contribution is 2.11. The Labute approximate surface area is 204 Å². The van der Waals surface area contributed by atoms with Crippen molar-refractivity contribution in [3.63, 3.8) is 0 Å². The van der Waals surface area contributed by atoms with E-state index in [1.165, 1.54) is 0 Å². The normalized spacial score (nSPS) is 12.7. The van der Waals surface area contributed by atoms with E-state index in [9.17, 15) is 4.79 Å². The van der Waals surface area contributed by atoms with Crippen molar-refractivity contribution >= 4 is 36.0 Å². The standard InChI is InChI=1S/C21H39N7O2.HI/c1-10-12-22-19(23-14-18-26-25-16(4)28(18)9)27(8)13-11-17(15(2)3)24-20(29)30-21(5,6)7;/h10,15,17H,1,11-14H2,2-9H3,(H,22,23)(H,24,29);1H. The van der Waals surface area contributed by atoms with Gasteiger partial charge in [0, 0.05) is 33.2 Å². The fourth-order valence-electron chi connectivity index (χ4n) is 2.68. The number of amides is 1. The van der Waals surface area contributed by atoms with Crippen LogP contribution in [0.1, 0.15) is 52.7 Å². The molecule has 1 aromatic heterocycles. The van der Waals surface area contributed by atoms with Crippen LogP contribution in [0, 0.1) is 12.8 Å². The molecule has 0 fully saturated rings. The number of carbonyl (C=O) groups excluding carboxylic acids is 1. The first-order valence-corrected chi connectivity index (χ1v) is 10.4. The fraction of sp³-hybridized carbons (Fsp3) is 0.714. The molecule has 0 aliphatic carbocycles. The number of carbonyl (C=O) groups is 1. The van der Waals surface area contributed by atoms with E-state index in [4.69, 9.17) is 4.74 Å². The number of aryl methyl sites for hydroxylation is 1. The molecule has 1 heterocycles. The lowest BCUT2D eigenvalue weighted by atomic mass is 10.0. The summed E-state index contributed by atoms with van der Waals surface area (Å²) < 4.78 is 7.33. The second kappa shape index (κ2) is 13.5. The lowest BCUT2D eigenvalue weighted by Gasteiger charge is -2.28. The van der Waals surface area contributed by atoms with Gasteiger partial charge in [-0.1, -0.05) is 19.9 Å². The summed E-state index contributed by atoms with van der Waals surface area (Å²) >= 11 is 0. The van der Waals surface area contributed by atoms with E-state index in [1.807, 2.05) is 51.3 Å². The highest BCUT2D eigenvalue weighted by Gasteiger charge is 2.22. The minimum atomic E-state index is -0.519. The summed E-state index contributed by atoms with van der Waals surface area (Å²) in [5.41, 5.74) is -0.519. The summed E-state index contributed by atoms with van der Waals surface area (Å²) in [7, 11) is 3.90. The van der Waals surface area contributed by atoms with Gasteiger partial charge in [0.1, 0.15) is 18.0 Å². The fourth-order valence-corrected chi connectivity index (χ4v) is 2.68. The van der Waals surface area contributed by atoms with Crippen LogP contribution in [-0.4, -0.2) is 63.5 Å². The first-order valence-electron chi connectivity index (χ1n) is 10.4. The molecule has 1 aromatic rings. The first-order chi connectivity index (χ1) is 13.9. The predicted octanol–water partition coefficient (Wildman–Crippen LogP) is 3.24. The van der Waals surface area contributed by atoms with Crippen molar-refractivity contribution in [1.82, 2.24) is 30.3 Å². The van der Waals surface area contributed by atoms with Crippen molar-refractivity contribution in [3.8, 4) is 0 Å². The van der Waals surface area contributed by atoms with Crippen LogP contribution in [0.25, 0.3) is 0 Å². The second-order valence-corrected chi connectivity index (χ2v) is 8.74. The number of nitrogens with one attached hydrogen (secondary N) is 2. The van der Waals surface area contributed by atoms with Crippen LogP contribution in [0.5, 0.6) is 0 Å². The molecular formula is C21H40IN7O2. The summed E-state index contributed by atoms with van der Waals surface area (Å²) in [6.45, 7) is 17.2. The van der Waals surface area contributed by atoms with E-state index in [2.05, 4.69) is 46.2 Å². The number of aliphatic imine (C=N–C) groups is 1. The van der Waals surface area contributed by atoms with Gasteiger partial charge in [-0.05, 0) is 40.0 Å². The van der Waals surface area contributed by atoms with Crippen molar-refractivity contribution in [2.45, 2.75) is 66.2 Å². The molecule has 0 radical (unpaired) electrons. The van der Waals surface area contributed by atoms with Crippen LogP contribution in [0.15, 0.2) is 17.6 Å². The predicted molar refractivity (Wildman–Crippen MR) is 136 cm³/mol. The van der Waals surface area contributed by atoms with Crippen molar-refractivity contribution in [2.24, 2.45) is 18.0 Å². The van der Waals surface area contributed by atoms with Crippen LogP contribution < -0.4 is 10.6 Å². The largest absolute Gasteiger partial charge is 0.444 e. The maximum Gasteiger partial charge on any atom is 0.407 e. The van der Waals surface area contributed by atoms with Crippen LogP contribution >= 0.6 is 24.0 Å². The van der Waals surface area contributed by atoms with Crippen molar-refractivity contribution in [1.29, 1.82) is 0 Å². The summed E-state index contributed by atoms with van der Waals surface area (Å²) in [4.78, 5) is 18.9. The molecule has 1 atom stereocenters. The molecule has 1 amide bonds. The molecule has 2 N–H and O–H groups in total.